The van der Waals surface area contributed by atoms with Crippen LogP contribution in [-0.2, 0) is 0 Å². The van der Waals surface area contributed by atoms with E-state index >= 15 is 0 Å². The van der Waals surface area contributed by atoms with E-state index in [-0.39, 0.29) is 0 Å². The Morgan fingerprint density at radius 1 is 0.361 bits per heavy atom. The Labute approximate surface area is 213 Å². The average molecular weight is 465 g/mol. The SMILES string of the molecule is c1ccc(N(c2ccccc2)c2ccccc2)cc1.c1ccc(Nc2cccc3ccccc23)cc1. The van der Waals surface area contributed by atoms with E-state index in [1.807, 2.05) is 36.4 Å². The van der Waals surface area contributed by atoms with Gasteiger partial charge in [-0.05, 0) is 60.0 Å². The molecule has 0 heterocycles. The van der Waals surface area contributed by atoms with Gasteiger partial charge in [-0.15, -0.1) is 0 Å². The van der Waals surface area contributed by atoms with Crippen molar-refractivity contribution in [2.75, 3.05) is 10.2 Å². The summed E-state index contributed by atoms with van der Waals surface area (Å²) in [5, 5.41) is 5.95. The van der Waals surface area contributed by atoms with Crippen molar-refractivity contribution < 1.29 is 0 Å². The Morgan fingerprint density at radius 3 is 1.31 bits per heavy atom. The summed E-state index contributed by atoms with van der Waals surface area (Å²) >= 11 is 0. The molecular formula is C34H28N2. The van der Waals surface area contributed by atoms with Crippen molar-refractivity contribution in [3.8, 4) is 0 Å². The second-order valence-corrected chi connectivity index (χ2v) is 8.36. The van der Waals surface area contributed by atoms with Gasteiger partial charge >= 0.3 is 0 Å². The lowest BCUT2D eigenvalue weighted by atomic mass is 10.1. The van der Waals surface area contributed by atoms with E-state index in [0.29, 0.717) is 0 Å². The smallest absolute Gasteiger partial charge is 0.0463 e. The minimum absolute atomic E-state index is 1.11. The van der Waals surface area contributed by atoms with Crippen LogP contribution in [0.3, 0.4) is 0 Å². The molecule has 0 aliphatic heterocycles. The van der Waals surface area contributed by atoms with Crippen molar-refractivity contribution in [2.45, 2.75) is 0 Å². The van der Waals surface area contributed by atoms with Gasteiger partial charge in [0.05, 0.1) is 0 Å². The molecule has 2 heteroatoms. The van der Waals surface area contributed by atoms with Crippen LogP contribution in [0, 0.1) is 0 Å². The van der Waals surface area contributed by atoms with Crippen LogP contribution in [0.25, 0.3) is 10.8 Å². The molecule has 6 aromatic carbocycles. The molecule has 0 saturated heterocycles. The molecule has 6 rings (SSSR count). The number of nitrogens with one attached hydrogen (secondary N) is 1. The van der Waals surface area contributed by atoms with Crippen molar-refractivity contribution in [2.24, 2.45) is 0 Å². The number of hydrogen-bond donors (Lipinski definition) is 1. The number of para-hydroxylation sites is 4. The third-order valence-electron chi connectivity index (χ3n) is 5.89. The quantitative estimate of drug-likeness (QED) is 0.273. The Hall–Kier alpha value is -4.82. The Bertz CT molecular complexity index is 1380. The second kappa shape index (κ2) is 11.5. The fraction of sp³-hybridized carbons (Fsp3) is 0. The zero-order chi connectivity index (χ0) is 24.4. The monoisotopic (exact) mass is 464 g/mol. The molecule has 36 heavy (non-hydrogen) atoms. The first-order chi connectivity index (χ1) is 17.9. The molecule has 0 bridgehead atoms. The lowest BCUT2D eigenvalue weighted by Crippen LogP contribution is -2.09. The third kappa shape index (κ3) is 5.63. The van der Waals surface area contributed by atoms with Crippen molar-refractivity contribution in [3.05, 3.63) is 164 Å². The van der Waals surface area contributed by atoms with Gasteiger partial charge in [-0.25, -0.2) is 0 Å². The predicted octanol–water partition coefficient (Wildman–Crippen LogP) is 9.74. The maximum absolute atomic E-state index is 3.45. The minimum atomic E-state index is 1.11. The fourth-order valence-corrected chi connectivity index (χ4v) is 4.19. The highest BCUT2D eigenvalue weighted by molar-refractivity contribution is 5.95. The second-order valence-electron chi connectivity index (χ2n) is 8.36. The lowest BCUT2D eigenvalue weighted by molar-refractivity contribution is 1.28. The standard InChI is InChI=1S/C18H15N.C16H13N/c1-4-10-16(11-5-1)19(17-12-6-2-7-13-17)18-14-8-3-9-15-18;1-2-9-14(10-3-1)17-16-12-6-8-13-7-4-5-11-15(13)16/h1-15H;1-12,17H. The number of hydrogen-bond acceptors (Lipinski definition) is 2. The molecule has 0 saturated carbocycles. The molecule has 2 nitrogen and oxygen atoms in total. The van der Waals surface area contributed by atoms with E-state index in [1.54, 1.807) is 0 Å². The highest BCUT2D eigenvalue weighted by Crippen LogP contribution is 2.33. The zero-order valence-electron chi connectivity index (χ0n) is 20.0. The van der Waals surface area contributed by atoms with Crippen LogP contribution in [0.5, 0.6) is 0 Å². The first-order valence-corrected chi connectivity index (χ1v) is 12.1. The summed E-state index contributed by atoms with van der Waals surface area (Å²) in [7, 11) is 0. The van der Waals surface area contributed by atoms with Crippen molar-refractivity contribution in [3.63, 3.8) is 0 Å². The first kappa shape index (κ1) is 22.9. The molecule has 0 amide bonds. The maximum atomic E-state index is 3.45. The van der Waals surface area contributed by atoms with Crippen LogP contribution < -0.4 is 10.2 Å². The van der Waals surface area contributed by atoms with Crippen LogP contribution in [0.4, 0.5) is 28.4 Å². The van der Waals surface area contributed by atoms with E-state index in [0.717, 1.165) is 11.4 Å². The average Bonchev–Trinajstić information content (AvgIpc) is 2.96. The summed E-state index contributed by atoms with van der Waals surface area (Å²) in [6, 6.07) is 56.2. The topological polar surface area (TPSA) is 15.3 Å². The molecule has 0 spiro atoms. The van der Waals surface area contributed by atoms with Crippen LogP contribution in [0.2, 0.25) is 0 Å². The van der Waals surface area contributed by atoms with Gasteiger partial charge in [0.25, 0.3) is 0 Å². The Morgan fingerprint density at radius 2 is 0.778 bits per heavy atom. The Balaban J connectivity index is 0.000000149. The zero-order valence-corrected chi connectivity index (χ0v) is 20.0. The molecule has 174 valence electrons. The van der Waals surface area contributed by atoms with E-state index in [2.05, 4.69) is 138 Å². The van der Waals surface area contributed by atoms with Gasteiger partial charge in [-0.2, -0.15) is 0 Å². The summed E-state index contributed by atoms with van der Waals surface area (Å²) in [5.41, 5.74) is 5.76. The summed E-state index contributed by atoms with van der Waals surface area (Å²) in [4.78, 5) is 2.25. The molecule has 1 N–H and O–H groups in total. The molecule has 0 aliphatic carbocycles. The number of benzene rings is 6. The molecule has 0 fully saturated rings. The number of nitrogens with zero attached hydrogens (tertiary/aromatic N) is 1. The normalized spacial score (nSPS) is 10.2. The Kier molecular flexibility index (Phi) is 7.36. The number of fused-ring (bicyclic) bond motifs is 1. The summed E-state index contributed by atoms with van der Waals surface area (Å²) in [6.07, 6.45) is 0. The van der Waals surface area contributed by atoms with E-state index in [4.69, 9.17) is 0 Å². The third-order valence-corrected chi connectivity index (χ3v) is 5.89. The molecule has 0 radical (unpaired) electrons. The summed E-state index contributed by atoms with van der Waals surface area (Å²) in [6.45, 7) is 0. The van der Waals surface area contributed by atoms with Gasteiger partial charge in [-0.1, -0.05) is 109 Å². The van der Waals surface area contributed by atoms with E-state index in [1.165, 1.54) is 27.8 Å². The van der Waals surface area contributed by atoms with Gasteiger partial charge in [0.15, 0.2) is 0 Å². The van der Waals surface area contributed by atoms with E-state index < -0.39 is 0 Å². The predicted molar refractivity (Wildman–Crippen MR) is 155 cm³/mol. The van der Waals surface area contributed by atoms with Crippen LogP contribution in [0.15, 0.2) is 164 Å². The highest BCUT2D eigenvalue weighted by Gasteiger charge is 2.10. The molecule has 0 aromatic heterocycles. The fourth-order valence-electron chi connectivity index (χ4n) is 4.19. The molecule has 0 unspecified atom stereocenters. The van der Waals surface area contributed by atoms with Gasteiger partial charge in [0, 0.05) is 33.8 Å². The van der Waals surface area contributed by atoms with E-state index in [9.17, 15) is 0 Å². The maximum Gasteiger partial charge on any atom is 0.0463 e. The van der Waals surface area contributed by atoms with Crippen LogP contribution in [-0.4, -0.2) is 0 Å². The van der Waals surface area contributed by atoms with Gasteiger partial charge in [-0.3, -0.25) is 0 Å². The lowest BCUT2D eigenvalue weighted by Gasteiger charge is -2.25. The minimum Gasteiger partial charge on any atom is -0.355 e. The van der Waals surface area contributed by atoms with Crippen molar-refractivity contribution in [1.29, 1.82) is 0 Å². The number of anilines is 5. The number of rotatable bonds is 5. The summed E-state index contributed by atoms with van der Waals surface area (Å²) in [5.74, 6) is 0. The molecule has 0 atom stereocenters. The molecular weight excluding hydrogens is 436 g/mol. The van der Waals surface area contributed by atoms with Crippen molar-refractivity contribution in [1.82, 2.24) is 0 Å². The van der Waals surface area contributed by atoms with Crippen molar-refractivity contribution >= 4 is 39.2 Å². The molecule has 0 aliphatic rings. The van der Waals surface area contributed by atoms with Crippen LogP contribution in [0.1, 0.15) is 0 Å². The summed E-state index contributed by atoms with van der Waals surface area (Å²) < 4.78 is 0. The molecule has 6 aromatic rings. The van der Waals surface area contributed by atoms with Gasteiger partial charge in [0.1, 0.15) is 0 Å². The van der Waals surface area contributed by atoms with Gasteiger partial charge < -0.3 is 10.2 Å². The van der Waals surface area contributed by atoms with Crippen LogP contribution >= 0.6 is 0 Å². The largest absolute Gasteiger partial charge is 0.355 e. The first-order valence-electron chi connectivity index (χ1n) is 12.1. The highest BCUT2D eigenvalue weighted by atomic mass is 15.1. The van der Waals surface area contributed by atoms with Gasteiger partial charge in [0.2, 0.25) is 0 Å².